The maximum atomic E-state index is 14.0. The summed E-state index contributed by atoms with van der Waals surface area (Å²) in [6, 6.07) is 11.9. The van der Waals surface area contributed by atoms with Crippen molar-refractivity contribution in [3.8, 4) is 0 Å². The van der Waals surface area contributed by atoms with E-state index in [0.29, 0.717) is 12.0 Å². The molecule has 0 atom stereocenters. The zero-order valence-electron chi connectivity index (χ0n) is 15.4. The molecule has 3 rings (SSSR count). The minimum atomic E-state index is -0.489. The molecule has 0 aliphatic carbocycles. The molecule has 0 unspecified atom stereocenters. The third-order valence-corrected chi connectivity index (χ3v) is 4.89. The molecular weight excluding hydrogens is 365 g/mol. The fourth-order valence-corrected chi connectivity index (χ4v) is 3.46. The highest BCUT2D eigenvalue weighted by Crippen LogP contribution is 2.27. The van der Waals surface area contributed by atoms with Crippen molar-refractivity contribution in [1.82, 2.24) is 4.98 Å². The molecule has 0 spiro atoms. The van der Waals surface area contributed by atoms with Crippen LogP contribution in [0.25, 0.3) is 10.9 Å². The van der Waals surface area contributed by atoms with Crippen molar-refractivity contribution in [1.29, 1.82) is 0 Å². The third-order valence-electron chi connectivity index (χ3n) is 4.53. The highest BCUT2D eigenvalue weighted by atomic mass is 35.5. The fraction of sp³-hybridized carbons (Fsp3) is 0.273. The number of hydrogen-bond donors (Lipinski definition) is 0. The normalized spacial score (nSPS) is 11.0. The standard InChI is InChI=1S/C22H21ClFNO2/c1-3-8-19-14(4-2)21(15-9-5-6-12-20(15)25-19)22(26)27-13-16-17(23)10-7-11-18(16)24/h5-7,9-12H,3-4,8,13H2,1-2H3. The Morgan fingerprint density at radius 2 is 1.89 bits per heavy atom. The second kappa shape index (κ2) is 8.49. The Kier molecular flexibility index (Phi) is 6.07. The summed E-state index contributed by atoms with van der Waals surface area (Å²) >= 11 is 6.04. The second-order valence-corrected chi connectivity index (χ2v) is 6.72. The van der Waals surface area contributed by atoms with Crippen LogP contribution in [0.5, 0.6) is 0 Å². The van der Waals surface area contributed by atoms with Gasteiger partial charge in [-0.25, -0.2) is 9.18 Å². The number of ether oxygens (including phenoxy) is 1. The number of benzene rings is 2. The van der Waals surface area contributed by atoms with Gasteiger partial charge in [-0.1, -0.05) is 56.1 Å². The predicted octanol–water partition coefficient (Wildman–Crippen LogP) is 5.90. The van der Waals surface area contributed by atoms with Crippen LogP contribution in [0.1, 0.15) is 47.4 Å². The van der Waals surface area contributed by atoms with E-state index in [0.717, 1.165) is 35.0 Å². The molecule has 0 radical (unpaired) electrons. The molecule has 0 aliphatic rings. The van der Waals surface area contributed by atoms with Gasteiger partial charge < -0.3 is 4.74 Å². The molecule has 2 aromatic carbocycles. The van der Waals surface area contributed by atoms with Gasteiger partial charge in [0, 0.05) is 16.6 Å². The summed E-state index contributed by atoms with van der Waals surface area (Å²) < 4.78 is 19.4. The molecule has 1 heterocycles. The minimum absolute atomic E-state index is 0.178. The Morgan fingerprint density at radius 1 is 1.11 bits per heavy atom. The van der Waals surface area contributed by atoms with E-state index in [9.17, 15) is 9.18 Å². The highest BCUT2D eigenvalue weighted by Gasteiger charge is 2.21. The number of hydrogen-bond acceptors (Lipinski definition) is 3. The van der Waals surface area contributed by atoms with Crippen molar-refractivity contribution < 1.29 is 13.9 Å². The number of carbonyl (C=O) groups excluding carboxylic acids is 1. The van der Waals surface area contributed by atoms with E-state index in [-0.39, 0.29) is 17.2 Å². The lowest BCUT2D eigenvalue weighted by Gasteiger charge is -2.16. The molecule has 3 aromatic rings. The molecule has 3 nitrogen and oxygen atoms in total. The molecule has 0 bridgehead atoms. The van der Waals surface area contributed by atoms with Gasteiger partial charge in [-0.05, 0) is 36.6 Å². The van der Waals surface area contributed by atoms with Crippen molar-refractivity contribution in [2.24, 2.45) is 0 Å². The lowest BCUT2D eigenvalue weighted by Crippen LogP contribution is -2.13. The average Bonchev–Trinajstić information content (AvgIpc) is 2.66. The SMILES string of the molecule is CCCc1nc2ccccc2c(C(=O)OCc2c(F)cccc2Cl)c1CC. The lowest BCUT2D eigenvalue weighted by molar-refractivity contribution is 0.0470. The monoisotopic (exact) mass is 385 g/mol. The number of pyridine rings is 1. The molecule has 0 N–H and O–H groups in total. The Morgan fingerprint density at radius 3 is 2.59 bits per heavy atom. The van der Waals surface area contributed by atoms with Crippen LogP contribution in [-0.4, -0.2) is 11.0 Å². The van der Waals surface area contributed by atoms with E-state index in [2.05, 4.69) is 6.92 Å². The molecule has 0 aliphatic heterocycles. The van der Waals surface area contributed by atoms with Gasteiger partial charge in [0.2, 0.25) is 0 Å². The number of esters is 1. The number of carbonyl (C=O) groups is 1. The molecule has 5 heteroatoms. The molecule has 0 amide bonds. The molecule has 27 heavy (non-hydrogen) atoms. The minimum Gasteiger partial charge on any atom is -0.457 e. The van der Waals surface area contributed by atoms with E-state index < -0.39 is 11.8 Å². The summed E-state index contributed by atoms with van der Waals surface area (Å²) in [6.45, 7) is 3.86. The second-order valence-electron chi connectivity index (χ2n) is 6.31. The Balaban J connectivity index is 2.02. The fourth-order valence-electron chi connectivity index (χ4n) is 3.24. The number of fused-ring (bicyclic) bond motifs is 1. The van der Waals surface area contributed by atoms with Crippen LogP contribution in [0.3, 0.4) is 0 Å². The lowest BCUT2D eigenvalue weighted by atomic mass is 9.96. The summed E-state index contributed by atoms with van der Waals surface area (Å²) in [6.07, 6.45) is 2.38. The number of aryl methyl sites for hydroxylation is 1. The van der Waals surface area contributed by atoms with Crippen LogP contribution in [-0.2, 0) is 24.2 Å². The molecule has 0 fully saturated rings. The Labute approximate surface area is 163 Å². The first-order valence-corrected chi connectivity index (χ1v) is 9.45. The quantitative estimate of drug-likeness (QED) is 0.496. The molecule has 140 valence electrons. The van der Waals surface area contributed by atoms with Crippen LogP contribution in [0, 0.1) is 5.82 Å². The summed E-state index contributed by atoms with van der Waals surface area (Å²) in [7, 11) is 0. The molecular formula is C22H21ClFNO2. The third kappa shape index (κ3) is 3.96. The van der Waals surface area contributed by atoms with Crippen molar-refractivity contribution in [2.45, 2.75) is 39.7 Å². The Bertz CT molecular complexity index is 967. The number of halogens is 2. The summed E-state index contributed by atoms with van der Waals surface area (Å²) in [5, 5.41) is 0.989. The van der Waals surface area contributed by atoms with Gasteiger partial charge in [0.1, 0.15) is 12.4 Å². The molecule has 1 aromatic heterocycles. The Hall–Kier alpha value is -2.46. The number of aromatic nitrogens is 1. The topological polar surface area (TPSA) is 39.2 Å². The van der Waals surface area contributed by atoms with Gasteiger partial charge in [0.05, 0.1) is 16.1 Å². The van der Waals surface area contributed by atoms with Crippen molar-refractivity contribution in [3.63, 3.8) is 0 Å². The zero-order valence-corrected chi connectivity index (χ0v) is 16.1. The first-order valence-electron chi connectivity index (χ1n) is 9.07. The van der Waals surface area contributed by atoms with E-state index >= 15 is 0 Å². The van der Waals surface area contributed by atoms with Crippen molar-refractivity contribution in [3.05, 3.63) is 75.7 Å². The van der Waals surface area contributed by atoms with E-state index in [1.165, 1.54) is 12.1 Å². The maximum Gasteiger partial charge on any atom is 0.339 e. The first kappa shape index (κ1) is 19.3. The molecule has 0 saturated carbocycles. The van der Waals surface area contributed by atoms with Crippen LogP contribution in [0.15, 0.2) is 42.5 Å². The predicted molar refractivity (Wildman–Crippen MR) is 106 cm³/mol. The summed E-state index contributed by atoms with van der Waals surface area (Å²) in [4.78, 5) is 17.7. The van der Waals surface area contributed by atoms with Gasteiger partial charge in [0.25, 0.3) is 0 Å². The zero-order chi connectivity index (χ0) is 19.4. The van der Waals surface area contributed by atoms with E-state index in [1.807, 2.05) is 31.2 Å². The summed E-state index contributed by atoms with van der Waals surface area (Å²) in [5.74, 6) is -0.973. The molecule has 0 saturated heterocycles. The van der Waals surface area contributed by atoms with Crippen LogP contribution >= 0.6 is 11.6 Å². The van der Waals surface area contributed by atoms with Crippen LogP contribution in [0.2, 0.25) is 5.02 Å². The van der Waals surface area contributed by atoms with E-state index in [4.69, 9.17) is 21.3 Å². The highest BCUT2D eigenvalue weighted by molar-refractivity contribution is 6.31. The number of rotatable bonds is 6. The van der Waals surface area contributed by atoms with Crippen LogP contribution in [0.4, 0.5) is 4.39 Å². The van der Waals surface area contributed by atoms with E-state index in [1.54, 1.807) is 6.07 Å². The van der Waals surface area contributed by atoms with Gasteiger partial charge in [0.15, 0.2) is 0 Å². The van der Waals surface area contributed by atoms with Gasteiger partial charge in [-0.2, -0.15) is 0 Å². The largest absolute Gasteiger partial charge is 0.457 e. The number of nitrogens with zero attached hydrogens (tertiary/aromatic N) is 1. The summed E-state index contributed by atoms with van der Waals surface area (Å²) in [5.41, 5.74) is 3.25. The maximum absolute atomic E-state index is 14.0. The van der Waals surface area contributed by atoms with Gasteiger partial charge >= 0.3 is 5.97 Å². The van der Waals surface area contributed by atoms with Crippen molar-refractivity contribution in [2.75, 3.05) is 0 Å². The van der Waals surface area contributed by atoms with Gasteiger partial charge in [-0.3, -0.25) is 4.98 Å². The number of para-hydroxylation sites is 1. The smallest absolute Gasteiger partial charge is 0.339 e. The first-order chi connectivity index (χ1) is 13.1. The average molecular weight is 386 g/mol. The van der Waals surface area contributed by atoms with Gasteiger partial charge in [-0.15, -0.1) is 0 Å². The van der Waals surface area contributed by atoms with Crippen LogP contribution < -0.4 is 0 Å². The van der Waals surface area contributed by atoms with Crippen molar-refractivity contribution >= 4 is 28.5 Å².